The van der Waals surface area contributed by atoms with Crippen molar-refractivity contribution < 1.29 is 14.3 Å². The number of anilines is 2. The summed E-state index contributed by atoms with van der Waals surface area (Å²) in [4.78, 5) is 26.8. The lowest BCUT2D eigenvalue weighted by Gasteiger charge is -2.21. The van der Waals surface area contributed by atoms with Crippen LogP contribution in [0.15, 0.2) is 46.9 Å². The number of benzene rings is 2. The molecule has 3 rings (SSSR count). The van der Waals surface area contributed by atoms with Crippen molar-refractivity contribution in [3.8, 4) is 5.75 Å². The number of urea groups is 1. The van der Waals surface area contributed by atoms with Gasteiger partial charge in [-0.1, -0.05) is 18.9 Å². The molecular weight excluding hydrogens is 446 g/mol. The third kappa shape index (κ3) is 6.23. The van der Waals surface area contributed by atoms with Gasteiger partial charge < -0.3 is 20.3 Å². The lowest BCUT2D eigenvalue weighted by Crippen LogP contribution is -2.35. The van der Waals surface area contributed by atoms with Gasteiger partial charge in [0.2, 0.25) is 0 Å². The SMILES string of the molecule is Cc1ccc(OC(C)C(=O)Nc2ccc(NC(=O)N3CCCCCC3)cc2)c(Br)c1. The van der Waals surface area contributed by atoms with Gasteiger partial charge in [0.25, 0.3) is 5.91 Å². The molecule has 1 aliphatic heterocycles. The zero-order valence-corrected chi connectivity index (χ0v) is 19.0. The van der Waals surface area contributed by atoms with E-state index in [2.05, 4.69) is 26.6 Å². The third-order valence-corrected chi connectivity index (χ3v) is 5.68. The fourth-order valence-corrected chi connectivity index (χ4v) is 3.89. The number of carbonyl (C=O) groups excluding carboxylic acids is 2. The predicted octanol–water partition coefficient (Wildman–Crippen LogP) is 5.57. The Kier molecular flexibility index (Phi) is 7.74. The van der Waals surface area contributed by atoms with Crippen LogP contribution >= 0.6 is 15.9 Å². The molecule has 0 aliphatic carbocycles. The summed E-state index contributed by atoms with van der Waals surface area (Å²) in [6, 6.07) is 12.8. The summed E-state index contributed by atoms with van der Waals surface area (Å²) < 4.78 is 6.58. The highest BCUT2D eigenvalue weighted by Gasteiger charge is 2.17. The molecule has 0 spiro atoms. The first-order valence-electron chi connectivity index (χ1n) is 10.3. The highest BCUT2D eigenvalue weighted by atomic mass is 79.9. The van der Waals surface area contributed by atoms with E-state index in [1.807, 2.05) is 30.0 Å². The van der Waals surface area contributed by atoms with Gasteiger partial charge in [-0.2, -0.15) is 0 Å². The van der Waals surface area contributed by atoms with Crippen molar-refractivity contribution in [1.29, 1.82) is 0 Å². The molecule has 0 saturated carbocycles. The number of hydrogen-bond donors (Lipinski definition) is 2. The Bertz CT molecular complexity index is 878. The predicted molar refractivity (Wildman–Crippen MR) is 123 cm³/mol. The second-order valence-corrected chi connectivity index (χ2v) is 8.45. The van der Waals surface area contributed by atoms with E-state index in [1.165, 1.54) is 12.8 Å². The minimum atomic E-state index is -0.661. The van der Waals surface area contributed by atoms with Crippen LogP contribution in [-0.4, -0.2) is 36.0 Å². The van der Waals surface area contributed by atoms with E-state index < -0.39 is 6.10 Å². The van der Waals surface area contributed by atoms with E-state index in [0.29, 0.717) is 17.1 Å². The average Bonchev–Trinajstić information content (AvgIpc) is 3.01. The fraction of sp³-hybridized carbons (Fsp3) is 0.391. The number of rotatable bonds is 5. The van der Waals surface area contributed by atoms with Crippen molar-refractivity contribution in [2.24, 2.45) is 0 Å². The second kappa shape index (κ2) is 10.5. The molecule has 0 radical (unpaired) electrons. The van der Waals surface area contributed by atoms with Crippen molar-refractivity contribution in [3.05, 3.63) is 52.5 Å². The van der Waals surface area contributed by atoms with Crippen LogP contribution in [0, 0.1) is 6.92 Å². The van der Waals surface area contributed by atoms with E-state index in [9.17, 15) is 9.59 Å². The summed E-state index contributed by atoms with van der Waals surface area (Å²) in [5, 5.41) is 5.77. The molecule has 1 fully saturated rings. The van der Waals surface area contributed by atoms with Crippen molar-refractivity contribution in [2.45, 2.75) is 45.6 Å². The molecular formula is C23H28BrN3O3. The first-order chi connectivity index (χ1) is 14.4. The number of carbonyl (C=O) groups is 2. The first kappa shape index (κ1) is 22.2. The van der Waals surface area contributed by atoms with Gasteiger partial charge in [-0.05, 0) is 84.6 Å². The minimum Gasteiger partial charge on any atom is -0.480 e. The fourth-order valence-electron chi connectivity index (χ4n) is 3.30. The van der Waals surface area contributed by atoms with Gasteiger partial charge in [0.15, 0.2) is 6.10 Å². The zero-order valence-electron chi connectivity index (χ0n) is 17.4. The maximum absolute atomic E-state index is 12.5. The van der Waals surface area contributed by atoms with Crippen LogP contribution in [0.25, 0.3) is 0 Å². The number of ether oxygens (including phenoxy) is 1. The van der Waals surface area contributed by atoms with E-state index >= 15 is 0 Å². The number of aryl methyl sites for hydroxylation is 1. The van der Waals surface area contributed by atoms with Crippen LogP contribution in [0.3, 0.4) is 0 Å². The van der Waals surface area contributed by atoms with Crippen LogP contribution in [0.2, 0.25) is 0 Å². The normalized spacial score (nSPS) is 15.1. The van der Waals surface area contributed by atoms with Crippen LogP contribution in [0.5, 0.6) is 5.75 Å². The van der Waals surface area contributed by atoms with Crippen LogP contribution in [0.4, 0.5) is 16.2 Å². The summed E-state index contributed by atoms with van der Waals surface area (Å²) >= 11 is 3.46. The van der Waals surface area contributed by atoms with E-state index in [4.69, 9.17) is 4.74 Å². The lowest BCUT2D eigenvalue weighted by molar-refractivity contribution is -0.122. The summed E-state index contributed by atoms with van der Waals surface area (Å²) in [6.07, 6.45) is 3.81. The van der Waals surface area contributed by atoms with Crippen LogP contribution in [0.1, 0.15) is 38.2 Å². The molecule has 2 aromatic carbocycles. The van der Waals surface area contributed by atoms with Gasteiger partial charge in [-0.15, -0.1) is 0 Å². The Morgan fingerprint density at radius 2 is 1.57 bits per heavy atom. The minimum absolute atomic E-state index is 0.0700. The summed E-state index contributed by atoms with van der Waals surface area (Å²) in [7, 11) is 0. The summed E-state index contributed by atoms with van der Waals surface area (Å²) in [5.41, 5.74) is 2.45. The van der Waals surface area contributed by atoms with Gasteiger partial charge in [0.1, 0.15) is 5.75 Å². The zero-order chi connectivity index (χ0) is 21.5. The maximum atomic E-state index is 12.5. The standard InChI is InChI=1S/C23H28BrN3O3/c1-16-7-12-21(20(24)15-16)30-17(2)22(28)25-18-8-10-19(11-9-18)26-23(29)27-13-5-3-4-6-14-27/h7-12,15,17H,3-6,13-14H2,1-2H3,(H,25,28)(H,26,29). The Hall–Kier alpha value is -2.54. The Balaban J connectivity index is 1.52. The molecule has 0 bridgehead atoms. The average molecular weight is 474 g/mol. The van der Waals surface area contributed by atoms with Crippen molar-refractivity contribution in [2.75, 3.05) is 23.7 Å². The van der Waals surface area contributed by atoms with Crippen molar-refractivity contribution >= 4 is 39.2 Å². The van der Waals surface area contributed by atoms with E-state index in [0.717, 1.165) is 36.0 Å². The molecule has 1 atom stereocenters. The maximum Gasteiger partial charge on any atom is 0.321 e. The van der Waals surface area contributed by atoms with Crippen LogP contribution < -0.4 is 15.4 Å². The number of nitrogens with one attached hydrogen (secondary N) is 2. The topological polar surface area (TPSA) is 70.7 Å². The second-order valence-electron chi connectivity index (χ2n) is 7.59. The van der Waals surface area contributed by atoms with Crippen LogP contribution in [-0.2, 0) is 4.79 Å². The van der Waals surface area contributed by atoms with Gasteiger partial charge >= 0.3 is 6.03 Å². The van der Waals surface area contributed by atoms with Gasteiger partial charge in [0, 0.05) is 24.5 Å². The number of nitrogens with zero attached hydrogens (tertiary/aromatic N) is 1. The smallest absolute Gasteiger partial charge is 0.321 e. The molecule has 7 heteroatoms. The van der Waals surface area contributed by atoms with Gasteiger partial charge in [-0.25, -0.2) is 4.79 Å². The molecule has 0 aromatic heterocycles. The molecule has 1 heterocycles. The Morgan fingerprint density at radius 1 is 0.967 bits per heavy atom. The first-order valence-corrected chi connectivity index (χ1v) is 11.1. The van der Waals surface area contributed by atoms with Crippen molar-refractivity contribution in [1.82, 2.24) is 4.90 Å². The number of hydrogen-bond acceptors (Lipinski definition) is 3. The summed E-state index contributed by atoms with van der Waals surface area (Å²) in [6.45, 7) is 5.30. The third-order valence-electron chi connectivity index (χ3n) is 5.06. The molecule has 1 unspecified atom stereocenters. The lowest BCUT2D eigenvalue weighted by atomic mass is 10.2. The quantitative estimate of drug-likeness (QED) is 0.595. The monoisotopic (exact) mass is 473 g/mol. The molecule has 30 heavy (non-hydrogen) atoms. The number of likely N-dealkylation sites (tertiary alicyclic amines) is 1. The van der Waals surface area contributed by atoms with Gasteiger partial charge in [0.05, 0.1) is 4.47 Å². The molecule has 1 aliphatic rings. The number of amides is 3. The van der Waals surface area contributed by atoms with E-state index in [-0.39, 0.29) is 11.9 Å². The van der Waals surface area contributed by atoms with Gasteiger partial charge in [-0.3, -0.25) is 4.79 Å². The largest absolute Gasteiger partial charge is 0.480 e. The molecule has 2 N–H and O–H groups in total. The molecule has 1 saturated heterocycles. The molecule has 3 amide bonds. The molecule has 6 nitrogen and oxygen atoms in total. The highest BCUT2D eigenvalue weighted by Crippen LogP contribution is 2.27. The number of halogens is 1. The Labute approximate surface area is 186 Å². The van der Waals surface area contributed by atoms with E-state index in [1.54, 1.807) is 31.2 Å². The summed E-state index contributed by atoms with van der Waals surface area (Å²) in [5.74, 6) is 0.374. The molecule has 160 valence electrons. The Morgan fingerprint density at radius 3 is 2.17 bits per heavy atom. The van der Waals surface area contributed by atoms with Crippen molar-refractivity contribution in [3.63, 3.8) is 0 Å². The molecule has 2 aromatic rings. The highest BCUT2D eigenvalue weighted by molar-refractivity contribution is 9.10.